The second kappa shape index (κ2) is 3.30. The van der Waals surface area contributed by atoms with Crippen molar-refractivity contribution in [3.8, 4) is 11.3 Å². The lowest BCUT2D eigenvalue weighted by Crippen LogP contribution is -2.00. The molecule has 0 spiro atoms. The molecule has 0 radical (unpaired) electrons. The number of rotatable bonds is 2. The molecule has 16 heavy (non-hydrogen) atoms. The van der Waals surface area contributed by atoms with Crippen molar-refractivity contribution in [2.45, 2.75) is 18.9 Å². The summed E-state index contributed by atoms with van der Waals surface area (Å²) in [6, 6.07) is 6.72. The second-order valence-corrected chi connectivity index (χ2v) is 4.01. The van der Waals surface area contributed by atoms with Gasteiger partial charge in [0, 0.05) is 5.56 Å². The van der Waals surface area contributed by atoms with Crippen molar-refractivity contribution < 1.29 is 4.39 Å². The van der Waals surface area contributed by atoms with Crippen LogP contribution in [0.4, 0.5) is 10.2 Å². The molecule has 0 unspecified atom stereocenters. The Kier molecular flexibility index (Phi) is 1.92. The van der Waals surface area contributed by atoms with Gasteiger partial charge in [0.2, 0.25) is 0 Å². The highest BCUT2D eigenvalue weighted by Crippen LogP contribution is 2.39. The number of hydrogen-bond acceptors (Lipinski definition) is 3. The van der Waals surface area contributed by atoms with Gasteiger partial charge >= 0.3 is 0 Å². The number of anilines is 1. The molecule has 1 aliphatic rings. The molecule has 5 heteroatoms. The van der Waals surface area contributed by atoms with Gasteiger partial charge < -0.3 is 5.73 Å². The minimum Gasteiger partial charge on any atom is -0.380 e. The summed E-state index contributed by atoms with van der Waals surface area (Å²) in [7, 11) is 0. The van der Waals surface area contributed by atoms with Crippen LogP contribution in [0.5, 0.6) is 0 Å². The number of halogens is 1. The fraction of sp³-hybridized carbons (Fsp3) is 0.273. The van der Waals surface area contributed by atoms with Gasteiger partial charge in [-0.1, -0.05) is 17.3 Å². The van der Waals surface area contributed by atoms with Crippen LogP contribution < -0.4 is 5.73 Å². The molecular weight excluding hydrogens is 207 g/mol. The van der Waals surface area contributed by atoms with E-state index in [1.165, 1.54) is 12.1 Å². The highest BCUT2D eigenvalue weighted by molar-refractivity contribution is 5.70. The first-order valence-corrected chi connectivity index (χ1v) is 5.22. The normalized spacial score (nSPS) is 15.3. The van der Waals surface area contributed by atoms with Crippen LogP contribution in [0.25, 0.3) is 11.3 Å². The van der Waals surface area contributed by atoms with Crippen LogP contribution in [0.2, 0.25) is 0 Å². The summed E-state index contributed by atoms with van der Waals surface area (Å²) >= 11 is 0. The van der Waals surface area contributed by atoms with Crippen molar-refractivity contribution in [2.75, 3.05) is 5.73 Å². The number of nitrogen functional groups attached to an aromatic ring is 1. The van der Waals surface area contributed by atoms with Gasteiger partial charge in [-0.2, -0.15) is 0 Å². The molecule has 1 heterocycles. The molecule has 82 valence electrons. The van der Waals surface area contributed by atoms with Gasteiger partial charge in [-0.3, -0.25) is 0 Å². The molecule has 1 aromatic carbocycles. The molecule has 0 atom stereocenters. The third kappa shape index (κ3) is 1.44. The molecule has 0 saturated heterocycles. The van der Waals surface area contributed by atoms with E-state index in [4.69, 9.17) is 5.73 Å². The first-order valence-electron chi connectivity index (χ1n) is 5.22. The highest BCUT2D eigenvalue weighted by atomic mass is 19.1. The zero-order chi connectivity index (χ0) is 11.1. The lowest BCUT2D eigenvalue weighted by molar-refractivity contribution is 0.613. The molecule has 2 aromatic rings. The van der Waals surface area contributed by atoms with E-state index in [1.807, 2.05) is 6.07 Å². The quantitative estimate of drug-likeness (QED) is 0.838. The molecule has 1 aromatic heterocycles. The van der Waals surface area contributed by atoms with Gasteiger partial charge in [0.1, 0.15) is 11.5 Å². The van der Waals surface area contributed by atoms with Gasteiger partial charge in [-0.05, 0) is 25.0 Å². The van der Waals surface area contributed by atoms with Crippen LogP contribution in [0.1, 0.15) is 18.9 Å². The van der Waals surface area contributed by atoms with E-state index in [1.54, 1.807) is 10.7 Å². The number of hydrogen-bond donors (Lipinski definition) is 1. The predicted octanol–water partition coefficient (Wildman–Crippen LogP) is 2.00. The monoisotopic (exact) mass is 218 g/mol. The van der Waals surface area contributed by atoms with Crippen molar-refractivity contribution >= 4 is 5.82 Å². The molecule has 1 saturated carbocycles. The maximum Gasteiger partial charge on any atom is 0.174 e. The van der Waals surface area contributed by atoms with Crippen LogP contribution in [0.3, 0.4) is 0 Å². The maximum absolute atomic E-state index is 13.1. The fourth-order valence-corrected chi connectivity index (χ4v) is 1.80. The van der Waals surface area contributed by atoms with Crippen LogP contribution >= 0.6 is 0 Å². The molecule has 2 N–H and O–H groups in total. The average molecular weight is 218 g/mol. The number of nitrogens with two attached hydrogens (primary N) is 1. The van der Waals surface area contributed by atoms with Gasteiger partial charge in [0.15, 0.2) is 5.82 Å². The van der Waals surface area contributed by atoms with Crippen molar-refractivity contribution in [1.82, 2.24) is 15.0 Å². The molecule has 4 nitrogen and oxygen atoms in total. The average Bonchev–Trinajstić information content (AvgIpc) is 3.02. The minimum atomic E-state index is -0.277. The molecule has 0 bridgehead atoms. The Labute approximate surface area is 91.9 Å². The van der Waals surface area contributed by atoms with Crippen LogP contribution in [0.15, 0.2) is 24.3 Å². The smallest absolute Gasteiger partial charge is 0.174 e. The van der Waals surface area contributed by atoms with E-state index < -0.39 is 0 Å². The summed E-state index contributed by atoms with van der Waals surface area (Å²) < 4.78 is 14.9. The molecule has 3 rings (SSSR count). The Morgan fingerprint density at radius 2 is 2.19 bits per heavy atom. The minimum absolute atomic E-state index is 0.277. The highest BCUT2D eigenvalue weighted by Gasteiger charge is 2.28. The van der Waals surface area contributed by atoms with E-state index in [-0.39, 0.29) is 5.82 Å². The maximum atomic E-state index is 13.1. The molecule has 0 aliphatic heterocycles. The van der Waals surface area contributed by atoms with Crippen molar-refractivity contribution in [3.63, 3.8) is 0 Å². The SMILES string of the molecule is Nc1nnn(C2CC2)c1-c1cccc(F)c1. The Bertz CT molecular complexity index is 531. The van der Waals surface area contributed by atoms with E-state index >= 15 is 0 Å². The Hall–Kier alpha value is -1.91. The van der Waals surface area contributed by atoms with Gasteiger partial charge in [-0.25, -0.2) is 9.07 Å². The van der Waals surface area contributed by atoms with Crippen LogP contribution in [-0.2, 0) is 0 Å². The van der Waals surface area contributed by atoms with Crippen molar-refractivity contribution in [3.05, 3.63) is 30.1 Å². The van der Waals surface area contributed by atoms with Gasteiger partial charge in [0.25, 0.3) is 0 Å². The summed E-state index contributed by atoms with van der Waals surface area (Å²) in [6.45, 7) is 0. The van der Waals surface area contributed by atoms with Crippen LogP contribution in [0, 0.1) is 5.82 Å². The fourth-order valence-electron chi connectivity index (χ4n) is 1.80. The van der Waals surface area contributed by atoms with Crippen molar-refractivity contribution in [1.29, 1.82) is 0 Å². The molecular formula is C11H11FN4. The van der Waals surface area contributed by atoms with E-state index in [9.17, 15) is 4.39 Å². The van der Waals surface area contributed by atoms with E-state index in [0.29, 0.717) is 11.9 Å². The first-order chi connectivity index (χ1) is 7.75. The third-order valence-corrected chi connectivity index (χ3v) is 2.71. The lowest BCUT2D eigenvalue weighted by Gasteiger charge is -2.05. The first kappa shape index (κ1) is 9.33. The molecule has 1 aliphatic carbocycles. The largest absolute Gasteiger partial charge is 0.380 e. The molecule has 1 fully saturated rings. The number of aromatic nitrogens is 3. The zero-order valence-electron chi connectivity index (χ0n) is 8.60. The topological polar surface area (TPSA) is 56.7 Å². The van der Waals surface area contributed by atoms with Crippen LogP contribution in [-0.4, -0.2) is 15.0 Å². The summed E-state index contributed by atoms with van der Waals surface area (Å²) in [5.41, 5.74) is 7.23. The second-order valence-electron chi connectivity index (χ2n) is 4.01. The van der Waals surface area contributed by atoms with Gasteiger partial charge in [0.05, 0.1) is 6.04 Å². The number of benzene rings is 1. The zero-order valence-corrected chi connectivity index (χ0v) is 8.60. The van der Waals surface area contributed by atoms with E-state index in [0.717, 1.165) is 24.1 Å². The number of nitrogens with zero attached hydrogens (tertiary/aromatic N) is 3. The standard InChI is InChI=1S/C11H11FN4/c12-8-3-1-2-7(6-8)10-11(13)14-15-16(10)9-4-5-9/h1-3,6,9H,4-5,13H2. The van der Waals surface area contributed by atoms with Crippen molar-refractivity contribution in [2.24, 2.45) is 0 Å². The Balaban J connectivity index is 2.14. The molecule has 0 amide bonds. The van der Waals surface area contributed by atoms with Gasteiger partial charge in [-0.15, -0.1) is 5.10 Å². The van der Waals surface area contributed by atoms with E-state index in [2.05, 4.69) is 10.3 Å². The predicted molar refractivity (Wildman–Crippen MR) is 58.1 cm³/mol. The Morgan fingerprint density at radius 3 is 2.88 bits per heavy atom. The summed E-state index contributed by atoms with van der Waals surface area (Å²) in [4.78, 5) is 0. The summed E-state index contributed by atoms with van der Waals surface area (Å²) in [5, 5.41) is 7.86. The summed E-state index contributed by atoms with van der Waals surface area (Å²) in [6.07, 6.45) is 2.18. The lowest BCUT2D eigenvalue weighted by atomic mass is 10.1. The Morgan fingerprint density at radius 1 is 1.38 bits per heavy atom. The summed E-state index contributed by atoms with van der Waals surface area (Å²) in [5.74, 6) is 0.0814. The third-order valence-electron chi connectivity index (χ3n) is 2.71.